The summed E-state index contributed by atoms with van der Waals surface area (Å²) in [7, 11) is 1.52. The van der Waals surface area contributed by atoms with E-state index in [0.29, 0.717) is 34.3 Å². The number of aromatic nitrogens is 2. The van der Waals surface area contributed by atoms with Crippen molar-refractivity contribution >= 4 is 29.0 Å². The maximum Gasteiger partial charge on any atom is 0.296 e. The highest BCUT2D eigenvalue weighted by atomic mass is 16.5. The average molecular weight is 499 g/mol. The second-order valence-corrected chi connectivity index (χ2v) is 8.14. The summed E-state index contributed by atoms with van der Waals surface area (Å²) in [6.07, 6.45) is 0. The smallest absolute Gasteiger partial charge is 0.296 e. The van der Waals surface area contributed by atoms with E-state index in [2.05, 4.69) is 15.7 Å². The number of carbonyl (C=O) groups is 3. The van der Waals surface area contributed by atoms with Gasteiger partial charge in [-0.25, -0.2) is 4.68 Å². The third-order valence-corrected chi connectivity index (χ3v) is 5.56. The Bertz CT molecular complexity index is 1450. The molecule has 9 heteroatoms. The molecule has 0 atom stereocenters. The number of anilines is 2. The maximum atomic E-state index is 13.0. The Labute approximate surface area is 214 Å². The number of hydrogen-bond donors (Lipinski definition) is 2. The fraction of sp³-hybridized carbons (Fsp3) is 0.143. The van der Waals surface area contributed by atoms with Gasteiger partial charge in [0, 0.05) is 11.4 Å². The fourth-order valence-corrected chi connectivity index (χ4v) is 3.85. The number of ketones is 1. The lowest BCUT2D eigenvalue weighted by atomic mass is 10.1. The van der Waals surface area contributed by atoms with E-state index in [1.807, 2.05) is 30.3 Å². The Kier molecular flexibility index (Phi) is 7.63. The van der Waals surface area contributed by atoms with E-state index in [1.54, 1.807) is 67.1 Å². The molecule has 2 N–H and O–H groups in total. The minimum Gasteiger partial charge on any atom is -0.493 e. The van der Waals surface area contributed by atoms with Crippen molar-refractivity contribution in [1.29, 1.82) is 0 Å². The first-order valence-electron chi connectivity index (χ1n) is 11.5. The normalized spacial score (nSPS) is 10.5. The van der Waals surface area contributed by atoms with Gasteiger partial charge in [-0.2, -0.15) is 5.10 Å². The summed E-state index contributed by atoms with van der Waals surface area (Å²) in [6.45, 7) is 3.20. The lowest BCUT2D eigenvalue weighted by Crippen LogP contribution is -2.24. The summed E-state index contributed by atoms with van der Waals surface area (Å²) in [5.74, 6) is -0.936. The van der Waals surface area contributed by atoms with Crippen LogP contribution in [0.5, 0.6) is 11.5 Å². The number of nitrogens with one attached hydrogen (secondary N) is 2. The van der Waals surface area contributed by atoms with Gasteiger partial charge in [-0.05, 0) is 56.3 Å². The first-order valence-corrected chi connectivity index (χ1v) is 11.5. The van der Waals surface area contributed by atoms with Crippen LogP contribution in [0.4, 0.5) is 11.4 Å². The first-order chi connectivity index (χ1) is 17.9. The van der Waals surface area contributed by atoms with Crippen LogP contribution >= 0.6 is 0 Å². The van der Waals surface area contributed by atoms with E-state index in [9.17, 15) is 14.4 Å². The molecule has 0 bridgehead atoms. The predicted molar refractivity (Wildman–Crippen MR) is 140 cm³/mol. The van der Waals surface area contributed by atoms with Crippen molar-refractivity contribution in [3.63, 3.8) is 0 Å². The molecule has 1 heterocycles. The number of Topliss-reactive ketones (excluding diaryl/α,β-unsaturated/α-hetero) is 1. The molecular weight excluding hydrogens is 472 g/mol. The summed E-state index contributed by atoms with van der Waals surface area (Å²) in [4.78, 5) is 38.2. The molecule has 3 aromatic carbocycles. The van der Waals surface area contributed by atoms with Crippen LogP contribution < -0.4 is 20.1 Å². The molecule has 0 saturated heterocycles. The average Bonchev–Trinajstić information content (AvgIpc) is 3.21. The van der Waals surface area contributed by atoms with Crippen LogP contribution in [0.25, 0.3) is 5.69 Å². The van der Waals surface area contributed by atoms with Gasteiger partial charge in [0.2, 0.25) is 0 Å². The van der Waals surface area contributed by atoms with Crippen molar-refractivity contribution in [3.05, 3.63) is 95.8 Å². The molecule has 0 aliphatic rings. The van der Waals surface area contributed by atoms with Gasteiger partial charge in [0.15, 0.2) is 18.1 Å². The molecular formula is C28H26N4O5. The Morgan fingerprint density at radius 2 is 1.49 bits per heavy atom. The van der Waals surface area contributed by atoms with Crippen molar-refractivity contribution in [1.82, 2.24) is 9.78 Å². The zero-order valence-corrected chi connectivity index (χ0v) is 20.6. The molecule has 0 unspecified atom stereocenters. The fourth-order valence-electron chi connectivity index (χ4n) is 3.85. The van der Waals surface area contributed by atoms with Crippen LogP contribution in [0.1, 0.15) is 21.7 Å². The van der Waals surface area contributed by atoms with E-state index in [-0.39, 0.29) is 12.2 Å². The molecule has 4 aromatic rings. The Morgan fingerprint density at radius 3 is 2.19 bits per heavy atom. The van der Waals surface area contributed by atoms with Gasteiger partial charge in [0.1, 0.15) is 0 Å². The molecule has 2 amide bonds. The van der Waals surface area contributed by atoms with Crippen molar-refractivity contribution in [2.24, 2.45) is 0 Å². The highest BCUT2D eigenvalue weighted by molar-refractivity contribution is 6.47. The quantitative estimate of drug-likeness (QED) is 0.262. The third-order valence-electron chi connectivity index (χ3n) is 5.56. The highest BCUT2D eigenvalue weighted by Gasteiger charge is 2.25. The van der Waals surface area contributed by atoms with Crippen molar-refractivity contribution in [2.45, 2.75) is 13.8 Å². The number of carbonyl (C=O) groups excluding carboxylic acids is 3. The monoisotopic (exact) mass is 498 g/mol. The van der Waals surface area contributed by atoms with Gasteiger partial charge in [-0.3, -0.25) is 14.4 Å². The summed E-state index contributed by atoms with van der Waals surface area (Å²) < 4.78 is 12.4. The number of benzene rings is 3. The van der Waals surface area contributed by atoms with E-state index in [1.165, 1.54) is 7.11 Å². The topological polar surface area (TPSA) is 112 Å². The van der Waals surface area contributed by atoms with Gasteiger partial charge in [-0.1, -0.05) is 36.4 Å². The van der Waals surface area contributed by atoms with Gasteiger partial charge in [0.25, 0.3) is 17.6 Å². The number of methoxy groups -OCH3 is 1. The molecule has 0 aliphatic heterocycles. The van der Waals surface area contributed by atoms with Crippen LogP contribution in [0.15, 0.2) is 78.9 Å². The van der Waals surface area contributed by atoms with Crippen LogP contribution in [-0.2, 0) is 9.59 Å². The molecule has 0 aliphatic carbocycles. The number of para-hydroxylation sites is 3. The second-order valence-electron chi connectivity index (χ2n) is 8.14. The summed E-state index contributed by atoms with van der Waals surface area (Å²) >= 11 is 0. The number of aryl methyl sites for hydroxylation is 1. The van der Waals surface area contributed by atoms with E-state index in [0.717, 1.165) is 5.69 Å². The highest BCUT2D eigenvalue weighted by Crippen LogP contribution is 2.26. The molecule has 0 radical (unpaired) electrons. The third kappa shape index (κ3) is 5.84. The first kappa shape index (κ1) is 25.2. The number of ether oxygens (including phenoxy) is 2. The van der Waals surface area contributed by atoms with Crippen LogP contribution in [0.3, 0.4) is 0 Å². The standard InChI is InChI=1S/C28H26N4O5/c1-18-26(19(2)32(31-18)22-12-5-4-6-13-22)27(34)28(35)30-21-11-9-10-20(16-21)29-25(33)17-37-24-15-8-7-14-23(24)36-3/h4-16H,17H2,1-3H3,(H,29,33)(H,30,35). The number of amides is 2. The van der Waals surface area contributed by atoms with Gasteiger partial charge in [-0.15, -0.1) is 0 Å². The lowest BCUT2D eigenvalue weighted by Gasteiger charge is -2.11. The Morgan fingerprint density at radius 1 is 0.838 bits per heavy atom. The Balaban J connectivity index is 1.40. The summed E-state index contributed by atoms with van der Waals surface area (Å²) in [5, 5.41) is 9.75. The van der Waals surface area contributed by atoms with Gasteiger partial charge in [0.05, 0.1) is 29.7 Å². The van der Waals surface area contributed by atoms with Crippen molar-refractivity contribution < 1.29 is 23.9 Å². The van der Waals surface area contributed by atoms with Gasteiger partial charge < -0.3 is 20.1 Å². The number of hydrogen-bond acceptors (Lipinski definition) is 6. The van der Waals surface area contributed by atoms with E-state index < -0.39 is 17.6 Å². The molecule has 37 heavy (non-hydrogen) atoms. The van der Waals surface area contributed by atoms with Crippen LogP contribution in [0, 0.1) is 13.8 Å². The summed E-state index contributed by atoms with van der Waals surface area (Å²) in [5.41, 5.74) is 2.85. The predicted octanol–water partition coefficient (Wildman–Crippen LogP) is 4.34. The Hall–Kier alpha value is -4.92. The zero-order valence-electron chi connectivity index (χ0n) is 20.6. The molecule has 188 valence electrons. The molecule has 0 saturated carbocycles. The summed E-state index contributed by atoms with van der Waals surface area (Å²) in [6, 6.07) is 22.9. The molecule has 0 fully saturated rings. The zero-order chi connectivity index (χ0) is 26.4. The van der Waals surface area contributed by atoms with Crippen LogP contribution in [0.2, 0.25) is 0 Å². The number of rotatable bonds is 9. The minimum atomic E-state index is -0.804. The van der Waals surface area contributed by atoms with Gasteiger partial charge >= 0.3 is 0 Å². The molecule has 4 rings (SSSR count). The SMILES string of the molecule is COc1ccccc1OCC(=O)Nc1cccc(NC(=O)C(=O)c2c(C)nn(-c3ccccc3)c2C)c1. The van der Waals surface area contributed by atoms with Crippen molar-refractivity contribution in [3.8, 4) is 17.2 Å². The molecule has 9 nitrogen and oxygen atoms in total. The second kappa shape index (κ2) is 11.2. The molecule has 0 spiro atoms. The van der Waals surface area contributed by atoms with Crippen LogP contribution in [-0.4, -0.2) is 41.1 Å². The maximum absolute atomic E-state index is 13.0. The lowest BCUT2D eigenvalue weighted by molar-refractivity contribution is -0.118. The van der Waals surface area contributed by atoms with E-state index >= 15 is 0 Å². The number of nitrogens with zero attached hydrogens (tertiary/aromatic N) is 2. The van der Waals surface area contributed by atoms with Crippen molar-refractivity contribution in [2.75, 3.05) is 24.4 Å². The largest absolute Gasteiger partial charge is 0.493 e. The molecule has 1 aromatic heterocycles. The van der Waals surface area contributed by atoms with E-state index in [4.69, 9.17) is 9.47 Å². The minimum absolute atomic E-state index is 0.237.